The molecule has 8 heteroatoms. The van der Waals surface area contributed by atoms with Crippen molar-refractivity contribution in [2.24, 2.45) is 0 Å². The Labute approximate surface area is 140 Å². The highest BCUT2D eigenvalue weighted by Crippen LogP contribution is 2.32. The second kappa shape index (κ2) is 6.40. The van der Waals surface area contributed by atoms with Gasteiger partial charge in [-0.25, -0.2) is 4.98 Å². The molecule has 0 amide bonds. The highest BCUT2D eigenvalue weighted by molar-refractivity contribution is 8.01. The summed E-state index contributed by atoms with van der Waals surface area (Å²) in [7, 11) is 0. The zero-order valence-electron chi connectivity index (χ0n) is 12.4. The molecule has 0 fully saturated rings. The van der Waals surface area contributed by atoms with E-state index in [0.717, 1.165) is 20.4 Å². The number of nitrogens with zero attached hydrogens (tertiary/aromatic N) is 4. The molecule has 0 unspecified atom stereocenters. The Hall–Kier alpha value is -2.37. The zero-order valence-corrected chi connectivity index (χ0v) is 14.1. The first-order chi connectivity index (χ1) is 11.1. The van der Waals surface area contributed by atoms with Gasteiger partial charge >= 0.3 is 0 Å². The first-order valence-electron chi connectivity index (χ1n) is 6.83. The summed E-state index contributed by atoms with van der Waals surface area (Å²) in [6.07, 6.45) is 0. The minimum atomic E-state index is -0.329. The van der Waals surface area contributed by atoms with Gasteiger partial charge in [-0.15, -0.1) is 10.2 Å². The van der Waals surface area contributed by atoms with E-state index in [-0.39, 0.29) is 16.6 Å². The van der Waals surface area contributed by atoms with E-state index in [2.05, 4.69) is 20.2 Å². The Morgan fingerprint density at radius 2 is 2.17 bits per heavy atom. The van der Waals surface area contributed by atoms with E-state index in [9.17, 15) is 10.4 Å². The maximum atomic E-state index is 10.5. The summed E-state index contributed by atoms with van der Waals surface area (Å²) < 4.78 is 0.753. The minimum Gasteiger partial charge on any atom is -0.510 e. The number of aryl methyl sites for hydroxylation is 1. The molecule has 3 rings (SSSR count). The first kappa shape index (κ1) is 15.5. The quantitative estimate of drug-likeness (QED) is 0.426. The lowest BCUT2D eigenvalue weighted by molar-refractivity contribution is 0.402. The smallest absolute Gasteiger partial charge is 0.174 e. The Bertz CT molecular complexity index is 888. The predicted molar refractivity (Wildman–Crippen MR) is 91.2 cm³/mol. The average Bonchev–Trinajstić information content (AvgIpc) is 3.13. The predicted octanol–water partition coefficient (Wildman–Crippen LogP) is 3.70. The van der Waals surface area contributed by atoms with Crippen LogP contribution in [0.4, 0.5) is 0 Å². The van der Waals surface area contributed by atoms with E-state index >= 15 is 0 Å². The van der Waals surface area contributed by atoms with Gasteiger partial charge < -0.3 is 10.1 Å². The van der Waals surface area contributed by atoms with E-state index in [0.29, 0.717) is 5.82 Å². The van der Waals surface area contributed by atoms with Crippen molar-refractivity contribution in [1.82, 2.24) is 20.2 Å². The largest absolute Gasteiger partial charge is 0.510 e. The number of hydrogen-bond donors (Lipinski definition) is 2. The second-order valence-corrected chi connectivity index (χ2v) is 7.59. The fourth-order valence-corrected chi connectivity index (χ4v) is 4.06. The van der Waals surface area contributed by atoms with E-state index < -0.39 is 0 Å². The van der Waals surface area contributed by atoms with E-state index in [4.69, 9.17) is 0 Å². The molecule has 2 N–H and O–H groups in total. The van der Waals surface area contributed by atoms with E-state index in [1.165, 1.54) is 23.1 Å². The molecule has 2 heterocycles. The van der Waals surface area contributed by atoms with Crippen molar-refractivity contribution < 1.29 is 5.11 Å². The fraction of sp³-hybridized carbons (Fsp3) is 0.200. The third-order valence-corrected chi connectivity index (χ3v) is 5.20. The number of nitriles is 1. The number of hydrogen-bond acceptors (Lipinski definition) is 7. The third-order valence-electron chi connectivity index (χ3n) is 3.16. The van der Waals surface area contributed by atoms with Crippen molar-refractivity contribution in [1.29, 1.82) is 5.26 Å². The number of allylic oxidation sites excluding steroid dienone is 1. The Balaban J connectivity index is 1.93. The number of aromatic nitrogens is 4. The van der Waals surface area contributed by atoms with Crippen molar-refractivity contribution in [3.63, 3.8) is 0 Å². The lowest BCUT2D eigenvalue weighted by atomic mass is 10.2. The normalized spacial score (nSPS) is 13.6. The lowest BCUT2D eigenvalue weighted by Crippen LogP contribution is -2.04. The van der Waals surface area contributed by atoms with Crippen LogP contribution in [-0.2, 0) is 0 Å². The van der Waals surface area contributed by atoms with Gasteiger partial charge in [0, 0.05) is 0 Å². The molecule has 0 aliphatic rings. The fourth-order valence-electron chi connectivity index (χ4n) is 2.04. The summed E-state index contributed by atoms with van der Waals surface area (Å²) in [6.45, 7) is 3.69. The molecule has 1 atom stereocenters. The SMILES string of the molecule is Cc1nnc(S[C@@H](C)/C(O)=C(\C#N)c2nc3ccccc3[nH]2)s1. The van der Waals surface area contributed by atoms with Crippen LogP contribution in [0.15, 0.2) is 34.4 Å². The summed E-state index contributed by atoms with van der Waals surface area (Å²) in [4.78, 5) is 7.43. The number of H-pyrrole nitrogens is 1. The topological polar surface area (TPSA) is 98.5 Å². The summed E-state index contributed by atoms with van der Waals surface area (Å²) in [5.41, 5.74) is 1.72. The number of thioether (sulfide) groups is 1. The van der Waals surface area contributed by atoms with E-state index in [1.807, 2.05) is 44.2 Å². The third kappa shape index (κ3) is 3.21. The molecule has 3 aromatic rings. The van der Waals surface area contributed by atoms with Crippen molar-refractivity contribution in [3.05, 3.63) is 40.9 Å². The van der Waals surface area contributed by atoms with Gasteiger partial charge in [0.05, 0.1) is 16.3 Å². The molecule has 116 valence electrons. The Kier molecular flexibility index (Phi) is 4.32. The molecule has 23 heavy (non-hydrogen) atoms. The number of aliphatic hydroxyl groups is 1. The lowest BCUT2D eigenvalue weighted by Gasteiger charge is -2.09. The Morgan fingerprint density at radius 3 is 2.83 bits per heavy atom. The molecule has 0 spiro atoms. The van der Waals surface area contributed by atoms with Crippen molar-refractivity contribution in [2.75, 3.05) is 0 Å². The molecule has 2 aromatic heterocycles. The van der Waals surface area contributed by atoms with Crippen LogP contribution in [0.5, 0.6) is 0 Å². The summed E-state index contributed by atoms with van der Waals surface area (Å²) >= 11 is 2.82. The van der Waals surface area contributed by atoms with Crippen molar-refractivity contribution in [2.45, 2.75) is 23.4 Å². The van der Waals surface area contributed by atoms with Gasteiger partial charge in [0.2, 0.25) is 0 Å². The van der Waals surface area contributed by atoms with Crippen LogP contribution in [0.3, 0.4) is 0 Å². The molecule has 0 aliphatic carbocycles. The average molecular weight is 343 g/mol. The highest BCUT2D eigenvalue weighted by Gasteiger charge is 2.20. The molecular weight excluding hydrogens is 330 g/mol. The second-order valence-electron chi connectivity index (χ2n) is 4.82. The van der Waals surface area contributed by atoms with Gasteiger partial charge in [0.15, 0.2) is 10.2 Å². The first-order valence-corrected chi connectivity index (χ1v) is 8.53. The molecule has 0 saturated carbocycles. The standard InChI is InChI=1S/C15H13N5OS2/c1-8(22-15-20-19-9(2)23-15)13(21)10(7-16)14-17-11-5-3-4-6-12(11)18-14/h3-6,8,21H,1-2H3,(H,17,18)/b13-10-/t8-/m0/s1. The summed E-state index contributed by atoms with van der Waals surface area (Å²) in [5, 5.41) is 28.4. The van der Waals surface area contributed by atoms with Gasteiger partial charge in [-0.3, -0.25) is 0 Å². The number of aliphatic hydroxyl groups excluding tert-OH is 1. The highest BCUT2D eigenvalue weighted by atomic mass is 32.2. The van der Waals surface area contributed by atoms with Crippen molar-refractivity contribution in [3.8, 4) is 6.07 Å². The number of imidazole rings is 1. The molecule has 0 radical (unpaired) electrons. The van der Waals surface area contributed by atoms with Crippen LogP contribution < -0.4 is 0 Å². The van der Waals surface area contributed by atoms with Crippen LogP contribution in [0, 0.1) is 18.3 Å². The summed E-state index contributed by atoms with van der Waals surface area (Å²) in [5.74, 6) is 0.344. The summed E-state index contributed by atoms with van der Waals surface area (Å²) in [6, 6.07) is 9.53. The van der Waals surface area contributed by atoms with Crippen LogP contribution in [0.25, 0.3) is 16.6 Å². The number of rotatable bonds is 4. The Morgan fingerprint density at radius 1 is 1.39 bits per heavy atom. The van der Waals surface area contributed by atoms with Crippen molar-refractivity contribution >= 4 is 39.7 Å². The van der Waals surface area contributed by atoms with E-state index in [1.54, 1.807) is 0 Å². The number of para-hydroxylation sites is 2. The van der Waals surface area contributed by atoms with Crippen LogP contribution in [-0.4, -0.2) is 30.5 Å². The molecular formula is C15H13N5OS2. The maximum absolute atomic E-state index is 10.5. The van der Waals surface area contributed by atoms with Crippen LogP contribution >= 0.6 is 23.1 Å². The van der Waals surface area contributed by atoms with Gasteiger partial charge in [0.25, 0.3) is 0 Å². The molecule has 0 saturated heterocycles. The van der Waals surface area contributed by atoms with Gasteiger partial charge in [-0.1, -0.05) is 35.2 Å². The molecule has 0 bridgehead atoms. The maximum Gasteiger partial charge on any atom is 0.174 e. The molecule has 6 nitrogen and oxygen atoms in total. The number of aromatic amines is 1. The molecule has 0 aliphatic heterocycles. The van der Waals surface area contributed by atoms with Crippen LogP contribution in [0.1, 0.15) is 17.8 Å². The minimum absolute atomic E-state index is 0.0237. The van der Waals surface area contributed by atoms with Gasteiger partial charge in [-0.05, 0) is 26.0 Å². The molecule has 1 aromatic carbocycles. The van der Waals surface area contributed by atoms with Gasteiger partial charge in [0.1, 0.15) is 22.4 Å². The zero-order chi connectivity index (χ0) is 16.4. The van der Waals surface area contributed by atoms with Gasteiger partial charge in [-0.2, -0.15) is 5.26 Å². The monoisotopic (exact) mass is 343 g/mol. The number of benzene rings is 1. The number of nitrogens with one attached hydrogen (secondary N) is 1. The van der Waals surface area contributed by atoms with Crippen LogP contribution in [0.2, 0.25) is 0 Å². The number of fused-ring (bicyclic) bond motifs is 1.